The SMILES string of the molecule is Cc1ccc([C@@H]2NCC[C@@]3(O)CCCC[C@@H]23)cc1.Cl. The average Bonchev–Trinajstić information content (AvgIpc) is 2.38. The molecule has 1 aromatic rings. The number of rotatable bonds is 1. The molecule has 1 heterocycles. The van der Waals surface area contributed by atoms with E-state index in [2.05, 4.69) is 36.5 Å². The maximum Gasteiger partial charge on any atom is 0.0706 e. The molecule has 0 bridgehead atoms. The summed E-state index contributed by atoms with van der Waals surface area (Å²) >= 11 is 0. The first-order chi connectivity index (χ1) is 8.69. The van der Waals surface area contributed by atoms with Crippen LogP contribution in [-0.2, 0) is 0 Å². The molecule has 19 heavy (non-hydrogen) atoms. The van der Waals surface area contributed by atoms with E-state index in [1.807, 2.05) is 0 Å². The van der Waals surface area contributed by atoms with Gasteiger partial charge in [0.15, 0.2) is 0 Å². The van der Waals surface area contributed by atoms with Gasteiger partial charge in [-0.05, 0) is 38.3 Å². The fraction of sp³-hybridized carbons (Fsp3) is 0.625. The molecule has 2 aliphatic rings. The van der Waals surface area contributed by atoms with Crippen LogP contribution < -0.4 is 5.32 Å². The van der Waals surface area contributed by atoms with Crippen molar-refractivity contribution >= 4 is 12.4 Å². The third-order valence-electron chi connectivity index (χ3n) is 4.83. The molecule has 1 saturated carbocycles. The number of piperidine rings is 1. The number of fused-ring (bicyclic) bond motifs is 1. The predicted octanol–water partition coefficient (Wildman–Crippen LogP) is 3.37. The van der Waals surface area contributed by atoms with Crippen LogP contribution in [0.2, 0.25) is 0 Å². The second kappa shape index (κ2) is 5.82. The Balaban J connectivity index is 0.00000133. The molecule has 1 saturated heterocycles. The minimum atomic E-state index is -0.418. The largest absolute Gasteiger partial charge is 0.389 e. The van der Waals surface area contributed by atoms with Crippen molar-refractivity contribution in [2.24, 2.45) is 5.92 Å². The zero-order valence-corrected chi connectivity index (χ0v) is 12.4. The van der Waals surface area contributed by atoms with E-state index in [1.54, 1.807) is 0 Å². The summed E-state index contributed by atoms with van der Waals surface area (Å²) in [6, 6.07) is 9.12. The van der Waals surface area contributed by atoms with Crippen LogP contribution in [0.3, 0.4) is 0 Å². The lowest BCUT2D eigenvalue weighted by molar-refractivity contribution is -0.0861. The number of hydrogen-bond donors (Lipinski definition) is 2. The molecule has 2 N–H and O–H groups in total. The Kier molecular flexibility index (Phi) is 4.54. The molecule has 0 radical (unpaired) electrons. The van der Waals surface area contributed by atoms with Crippen molar-refractivity contribution in [1.82, 2.24) is 5.32 Å². The normalized spacial score (nSPS) is 34.2. The van der Waals surface area contributed by atoms with E-state index in [9.17, 15) is 5.11 Å². The molecule has 0 aromatic heterocycles. The van der Waals surface area contributed by atoms with E-state index in [-0.39, 0.29) is 12.4 Å². The molecule has 1 aromatic carbocycles. The molecule has 0 unspecified atom stereocenters. The lowest BCUT2D eigenvalue weighted by atomic mass is 9.67. The molecule has 1 aliphatic carbocycles. The highest BCUT2D eigenvalue weighted by Gasteiger charge is 2.45. The van der Waals surface area contributed by atoms with Crippen LogP contribution in [0.15, 0.2) is 24.3 Å². The van der Waals surface area contributed by atoms with Crippen LogP contribution in [0.5, 0.6) is 0 Å². The van der Waals surface area contributed by atoms with Crippen LogP contribution in [0.25, 0.3) is 0 Å². The quantitative estimate of drug-likeness (QED) is 0.827. The molecule has 2 nitrogen and oxygen atoms in total. The fourth-order valence-electron chi connectivity index (χ4n) is 3.75. The summed E-state index contributed by atoms with van der Waals surface area (Å²) < 4.78 is 0. The second-order valence-electron chi connectivity index (χ2n) is 6.05. The molecule has 3 atom stereocenters. The van der Waals surface area contributed by atoms with Gasteiger partial charge in [-0.3, -0.25) is 0 Å². The van der Waals surface area contributed by atoms with E-state index >= 15 is 0 Å². The number of aryl methyl sites for hydroxylation is 1. The number of benzene rings is 1. The Morgan fingerprint density at radius 2 is 1.89 bits per heavy atom. The molecular formula is C16H24ClNO. The molecule has 106 valence electrons. The Hall–Kier alpha value is -0.570. The summed E-state index contributed by atoms with van der Waals surface area (Å²) in [6.07, 6.45) is 5.51. The molecule has 1 aliphatic heterocycles. The van der Waals surface area contributed by atoms with E-state index in [0.29, 0.717) is 12.0 Å². The molecule has 2 fully saturated rings. The zero-order valence-electron chi connectivity index (χ0n) is 11.6. The maximum atomic E-state index is 10.8. The number of hydrogen-bond acceptors (Lipinski definition) is 2. The number of halogens is 1. The van der Waals surface area contributed by atoms with E-state index < -0.39 is 5.60 Å². The molecule has 3 heteroatoms. The molecule has 0 spiro atoms. The van der Waals surface area contributed by atoms with Gasteiger partial charge in [0.05, 0.1) is 5.60 Å². The van der Waals surface area contributed by atoms with Gasteiger partial charge in [-0.1, -0.05) is 42.7 Å². The van der Waals surface area contributed by atoms with Gasteiger partial charge >= 0.3 is 0 Å². The predicted molar refractivity (Wildman–Crippen MR) is 80.7 cm³/mol. The summed E-state index contributed by atoms with van der Waals surface area (Å²) in [6.45, 7) is 3.06. The van der Waals surface area contributed by atoms with Crippen LogP contribution in [0.4, 0.5) is 0 Å². The topological polar surface area (TPSA) is 32.3 Å². The highest BCUT2D eigenvalue weighted by atomic mass is 35.5. The van der Waals surface area contributed by atoms with E-state index in [1.165, 1.54) is 24.0 Å². The number of nitrogens with one attached hydrogen (secondary N) is 1. The average molecular weight is 282 g/mol. The summed E-state index contributed by atoms with van der Waals surface area (Å²) in [5, 5.41) is 14.5. The lowest BCUT2D eigenvalue weighted by Crippen LogP contribution is -2.53. The van der Waals surface area contributed by atoms with Gasteiger partial charge in [0.1, 0.15) is 0 Å². The third kappa shape index (κ3) is 2.81. The van der Waals surface area contributed by atoms with Crippen molar-refractivity contribution in [3.05, 3.63) is 35.4 Å². The van der Waals surface area contributed by atoms with Crippen molar-refractivity contribution in [3.63, 3.8) is 0 Å². The molecular weight excluding hydrogens is 258 g/mol. The van der Waals surface area contributed by atoms with Gasteiger partial charge in [0.2, 0.25) is 0 Å². The van der Waals surface area contributed by atoms with E-state index in [0.717, 1.165) is 25.8 Å². The van der Waals surface area contributed by atoms with E-state index in [4.69, 9.17) is 0 Å². The summed E-state index contributed by atoms with van der Waals surface area (Å²) in [4.78, 5) is 0. The minimum Gasteiger partial charge on any atom is -0.389 e. The van der Waals surface area contributed by atoms with Crippen LogP contribution >= 0.6 is 12.4 Å². The van der Waals surface area contributed by atoms with Crippen LogP contribution in [-0.4, -0.2) is 17.3 Å². The van der Waals surface area contributed by atoms with Gasteiger partial charge in [-0.15, -0.1) is 12.4 Å². The highest BCUT2D eigenvalue weighted by Crippen LogP contribution is 2.45. The van der Waals surface area contributed by atoms with Crippen molar-refractivity contribution in [2.75, 3.05) is 6.54 Å². The van der Waals surface area contributed by atoms with Gasteiger partial charge in [0.25, 0.3) is 0 Å². The minimum absolute atomic E-state index is 0. The van der Waals surface area contributed by atoms with Crippen molar-refractivity contribution in [1.29, 1.82) is 0 Å². The van der Waals surface area contributed by atoms with Gasteiger partial charge in [-0.2, -0.15) is 0 Å². The fourth-order valence-corrected chi connectivity index (χ4v) is 3.75. The molecule has 0 amide bonds. The highest BCUT2D eigenvalue weighted by molar-refractivity contribution is 5.85. The lowest BCUT2D eigenvalue weighted by Gasteiger charge is -2.48. The van der Waals surface area contributed by atoms with Crippen molar-refractivity contribution < 1.29 is 5.11 Å². The summed E-state index contributed by atoms with van der Waals surface area (Å²) in [5.41, 5.74) is 2.22. The number of aliphatic hydroxyl groups is 1. The van der Waals surface area contributed by atoms with Gasteiger partial charge < -0.3 is 10.4 Å². The first-order valence-electron chi connectivity index (χ1n) is 7.21. The van der Waals surface area contributed by atoms with Gasteiger partial charge in [-0.25, -0.2) is 0 Å². The maximum absolute atomic E-state index is 10.8. The second-order valence-corrected chi connectivity index (χ2v) is 6.05. The van der Waals surface area contributed by atoms with Crippen LogP contribution in [0.1, 0.15) is 49.3 Å². The summed E-state index contributed by atoms with van der Waals surface area (Å²) in [5.74, 6) is 0.391. The summed E-state index contributed by atoms with van der Waals surface area (Å²) in [7, 11) is 0. The zero-order chi connectivity index (χ0) is 12.6. The van der Waals surface area contributed by atoms with Crippen molar-refractivity contribution in [3.8, 4) is 0 Å². The third-order valence-corrected chi connectivity index (χ3v) is 4.83. The Labute approximate surface area is 122 Å². The standard InChI is InChI=1S/C16H23NO.ClH/c1-12-5-7-13(8-6-12)15-14-4-2-3-9-16(14,18)10-11-17-15;/h5-8,14-15,17-18H,2-4,9-11H2,1H3;1H/t14-,15-,16-;/m0./s1. The Morgan fingerprint density at radius 3 is 2.63 bits per heavy atom. The molecule has 3 rings (SSSR count). The van der Waals surface area contributed by atoms with Crippen LogP contribution in [0, 0.1) is 12.8 Å². The first kappa shape index (κ1) is 14.8. The Bertz CT molecular complexity index is 415. The van der Waals surface area contributed by atoms with Gasteiger partial charge in [0, 0.05) is 12.0 Å². The first-order valence-corrected chi connectivity index (χ1v) is 7.21. The monoisotopic (exact) mass is 281 g/mol. The Morgan fingerprint density at radius 1 is 1.16 bits per heavy atom. The smallest absolute Gasteiger partial charge is 0.0706 e. The van der Waals surface area contributed by atoms with Crippen molar-refractivity contribution in [2.45, 2.75) is 50.7 Å².